The van der Waals surface area contributed by atoms with Crippen LogP contribution in [0.1, 0.15) is 37.0 Å². The van der Waals surface area contributed by atoms with E-state index in [1.165, 1.54) is 18.2 Å². The first-order valence-electron chi connectivity index (χ1n) is 5.60. The quantitative estimate of drug-likeness (QED) is 0.821. The number of hydrogen-bond acceptors (Lipinski definition) is 4. The van der Waals surface area contributed by atoms with Crippen molar-refractivity contribution in [2.45, 2.75) is 31.6 Å². The Morgan fingerprint density at radius 2 is 1.72 bits per heavy atom. The lowest BCUT2D eigenvalue weighted by molar-refractivity contribution is -0.119. The molecule has 5 nitrogen and oxygen atoms in total. The summed E-state index contributed by atoms with van der Waals surface area (Å²) in [6.07, 6.45) is 0.261. The van der Waals surface area contributed by atoms with Crippen LogP contribution in [0.4, 0.5) is 0 Å². The number of ketones is 1. The molecule has 0 aliphatic heterocycles. The van der Waals surface area contributed by atoms with Crippen molar-refractivity contribution in [3.8, 4) is 0 Å². The molecule has 0 aliphatic carbocycles. The topological polar surface area (TPSA) is 80.3 Å². The van der Waals surface area contributed by atoms with Crippen LogP contribution in [0.25, 0.3) is 0 Å². The van der Waals surface area contributed by atoms with Crippen molar-refractivity contribution in [1.29, 1.82) is 0 Å². The molecule has 0 bridgehead atoms. The summed E-state index contributed by atoms with van der Waals surface area (Å²) in [6.45, 7) is 3.20. The van der Waals surface area contributed by atoms with Gasteiger partial charge >= 0.3 is 0 Å². The molecule has 18 heavy (non-hydrogen) atoms. The largest absolute Gasteiger partial charge is 0.294 e. The number of Topliss-reactive ketones (excluding diaryl/α,β-unsaturated/α-hetero) is 1. The Hall–Kier alpha value is -1.69. The lowest BCUT2D eigenvalue weighted by atomic mass is 10.1. The van der Waals surface area contributed by atoms with Gasteiger partial charge in [-0.1, -0.05) is 32.0 Å². The molecule has 1 amide bonds. The van der Waals surface area contributed by atoms with Crippen LogP contribution in [-0.2, 0) is 14.8 Å². The number of nitrogens with one attached hydrogen (secondary N) is 1. The van der Waals surface area contributed by atoms with Crippen LogP contribution in [0.2, 0.25) is 0 Å². The maximum Gasteiger partial charge on any atom is 0.264 e. The van der Waals surface area contributed by atoms with Crippen molar-refractivity contribution < 1.29 is 18.0 Å². The van der Waals surface area contributed by atoms with E-state index in [1.807, 2.05) is 4.72 Å². The fourth-order valence-corrected chi connectivity index (χ4v) is 2.68. The third kappa shape index (κ3) is 3.16. The molecular formula is C12H15NO4S. The van der Waals surface area contributed by atoms with Gasteiger partial charge in [0.15, 0.2) is 5.78 Å². The molecule has 0 heterocycles. The highest BCUT2D eigenvalue weighted by Crippen LogP contribution is 2.17. The number of carbonyl (C=O) groups is 2. The van der Waals surface area contributed by atoms with E-state index in [2.05, 4.69) is 0 Å². The van der Waals surface area contributed by atoms with Gasteiger partial charge in [0, 0.05) is 18.4 Å². The monoisotopic (exact) mass is 269 g/mol. The first kappa shape index (κ1) is 14.4. The zero-order chi connectivity index (χ0) is 13.8. The molecule has 0 unspecified atom stereocenters. The van der Waals surface area contributed by atoms with Crippen molar-refractivity contribution in [1.82, 2.24) is 4.72 Å². The van der Waals surface area contributed by atoms with Crippen molar-refractivity contribution in [2.75, 3.05) is 0 Å². The van der Waals surface area contributed by atoms with Crippen LogP contribution in [0.15, 0.2) is 29.2 Å². The average molecular weight is 269 g/mol. The molecule has 0 radical (unpaired) electrons. The highest BCUT2D eigenvalue weighted by Gasteiger charge is 2.22. The summed E-state index contributed by atoms with van der Waals surface area (Å²) in [6, 6.07) is 5.85. The van der Waals surface area contributed by atoms with Gasteiger partial charge in [0.25, 0.3) is 10.0 Å². The number of hydrogen-bond donors (Lipinski definition) is 1. The Morgan fingerprint density at radius 3 is 2.28 bits per heavy atom. The Kier molecular flexibility index (Phi) is 4.61. The van der Waals surface area contributed by atoms with E-state index >= 15 is 0 Å². The summed E-state index contributed by atoms with van der Waals surface area (Å²) in [5.74, 6) is -0.881. The van der Waals surface area contributed by atoms with Gasteiger partial charge in [-0.15, -0.1) is 0 Å². The van der Waals surface area contributed by atoms with Crippen LogP contribution in [0.5, 0.6) is 0 Å². The van der Waals surface area contributed by atoms with Gasteiger partial charge in [0.1, 0.15) is 0 Å². The number of amides is 1. The Bertz CT molecular complexity index is 563. The molecule has 0 spiro atoms. The molecule has 1 N–H and O–H groups in total. The summed E-state index contributed by atoms with van der Waals surface area (Å²) >= 11 is 0. The predicted octanol–water partition coefficient (Wildman–Crippen LogP) is 1.49. The fourth-order valence-electron chi connectivity index (χ4n) is 1.40. The van der Waals surface area contributed by atoms with Gasteiger partial charge in [-0.25, -0.2) is 13.1 Å². The zero-order valence-corrected chi connectivity index (χ0v) is 11.1. The Balaban J connectivity index is 3.24. The normalized spacial score (nSPS) is 11.0. The van der Waals surface area contributed by atoms with Crippen LogP contribution < -0.4 is 4.72 Å². The lowest BCUT2D eigenvalue weighted by Gasteiger charge is -2.09. The van der Waals surface area contributed by atoms with Crippen LogP contribution in [0, 0.1) is 0 Å². The molecule has 0 aromatic heterocycles. The molecule has 0 fully saturated rings. The molecule has 0 aliphatic rings. The maximum absolute atomic E-state index is 12.0. The van der Waals surface area contributed by atoms with Crippen molar-refractivity contribution in [3.63, 3.8) is 0 Å². The number of carbonyl (C=O) groups excluding carboxylic acids is 2. The summed E-state index contributed by atoms with van der Waals surface area (Å²) < 4.78 is 25.8. The second kappa shape index (κ2) is 5.77. The first-order valence-corrected chi connectivity index (χ1v) is 7.08. The minimum Gasteiger partial charge on any atom is -0.294 e. The molecule has 1 rings (SSSR count). The molecule has 1 aromatic rings. The Labute approximate surface area is 106 Å². The van der Waals surface area contributed by atoms with Crippen LogP contribution in [0.3, 0.4) is 0 Å². The van der Waals surface area contributed by atoms with E-state index in [0.717, 1.165) is 0 Å². The van der Waals surface area contributed by atoms with Gasteiger partial charge in [-0.05, 0) is 6.07 Å². The predicted molar refractivity (Wildman–Crippen MR) is 66.7 cm³/mol. The van der Waals surface area contributed by atoms with E-state index in [4.69, 9.17) is 0 Å². The van der Waals surface area contributed by atoms with Crippen LogP contribution in [-0.4, -0.2) is 20.1 Å². The van der Waals surface area contributed by atoms with E-state index in [9.17, 15) is 18.0 Å². The third-order valence-corrected chi connectivity index (χ3v) is 3.80. The lowest BCUT2D eigenvalue weighted by Crippen LogP contribution is -2.30. The molecule has 6 heteroatoms. The zero-order valence-electron chi connectivity index (χ0n) is 10.3. The van der Waals surface area contributed by atoms with Crippen molar-refractivity contribution >= 4 is 21.7 Å². The molecular weight excluding hydrogens is 254 g/mol. The Morgan fingerprint density at radius 1 is 1.11 bits per heavy atom. The van der Waals surface area contributed by atoms with Crippen LogP contribution >= 0.6 is 0 Å². The van der Waals surface area contributed by atoms with E-state index in [1.54, 1.807) is 19.9 Å². The van der Waals surface area contributed by atoms with Gasteiger partial charge < -0.3 is 0 Å². The molecule has 0 saturated heterocycles. The molecule has 98 valence electrons. The second-order valence-electron chi connectivity index (χ2n) is 3.66. The maximum atomic E-state index is 12.0. The summed E-state index contributed by atoms with van der Waals surface area (Å²) in [5.41, 5.74) is 0.108. The van der Waals surface area contributed by atoms with E-state index in [0.29, 0.717) is 0 Å². The first-order chi connectivity index (χ1) is 8.42. The minimum absolute atomic E-state index is 0.0587. The third-order valence-electron chi connectivity index (χ3n) is 2.37. The molecule has 0 saturated carbocycles. The minimum atomic E-state index is -3.98. The summed E-state index contributed by atoms with van der Waals surface area (Å²) in [4.78, 5) is 22.7. The molecule has 1 aromatic carbocycles. The average Bonchev–Trinajstić information content (AvgIpc) is 2.37. The highest BCUT2D eigenvalue weighted by atomic mass is 32.2. The van der Waals surface area contributed by atoms with Crippen molar-refractivity contribution in [2.24, 2.45) is 0 Å². The number of rotatable bonds is 5. The highest BCUT2D eigenvalue weighted by molar-refractivity contribution is 7.90. The smallest absolute Gasteiger partial charge is 0.264 e. The van der Waals surface area contributed by atoms with Gasteiger partial charge in [0.05, 0.1) is 4.90 Å². The second-order valence-corrected chi connectivity index (χ2v) is 5.31. The van der Waals surface area contributed by atoms with Gasteiger partial charge in [-0.3, -0.25) is 9.59 Å². The number of sulfonamides is 1. The number of benzene rings is 1. The fraction of sp³-hybridized carbons (Fsp3) is 0.333. The standard InChI is InChI=1S/C12H15NO4S/c1-3-10(14)9-7-5-6-8-11(9)18(16,17)13-12(15)4-2/h5-8H,3-4H2,1-2H3,(H,13,15). The SMILES string of the molecule is CCC(=O)NS(=O)(=O)c1ccccc1C(=O)CC. The van der Waals surface area contributed by atoms with Gasteiger partial charge in [0.2, 0.25) is 5.91 Å². The molecule has 0 atom stereocenters. The van der Waals surface area contributed by atoms with E-state index < -0.39 is 15.9 Å². The van der Waals surface area contributed by atoms with E-state index in [-0.39, 0.29) is 29.1 Å². The summed E-state index contributed by atoms with van der Waals surface area (Å²) in [7, 11) is -3.98. The van der Waals surface area contributed by atoms with Gasteiger partial charge in [-0.2, -0.15) is 0 Å². The summed E-state index contributed by atoms with van der Waals surface area (Å²) in [5, 5.41) is 0. The van der Waals surface area contributed by atoms with Crippen molar-refractivity contribution in [3.05, 3.63) is 29.8 Å².